The third-order valence-corrected chi connectivity index (χ3v) is 7.74. The van der Waals surface area contributed by atoms with Crippen LogP contribution in [-0.4, -0.2) is 61.0 Å². The topological polar surface area (TPSA) is 68.6 Å². The molecule has 1 fully saturated rings. The molecule has 0 radical (unpaired) electrons. The molecule has 224 valence electrons. The Balaban J connectivity index is 1.36. The standard InChI is InChI=1S/C36H42N4O3/c1-4-32(27-11-6-5-7-12-27)36(29-17-20-33-30(25-29)26-38-40(33)35-14-8-9-23-43-35)28-15-18-31(19-16-28)42-24-22-37-21-10-13-34(41)39(2)3/h5-7,10-13,15-20,25-26,35,37H,4,8-9,14,21-24H2,1-3H3/b13-10+,36-32+. The van der Waals surface area contributed by atoms with Gasteiger partial charge in [0.15, 0.2) is 6.23 Å². The van der Waals surface area contributed by atoms with Crippen LogP contribution in [0, 0.1) is 0 Å². The summed E-state index contributed by atoms with van der Waals surface area (Å²) in [7, 11) is 3.48. The van der Waals surface area contributed by atoms with Crippen molar-refractivity contribution in [3.8, 4) is 5.75 Å². The van der Waals surface area contributed by atoms with Gasteiger partial charge < -0.3 is 19.7 Å². The second-order valence-electron chi connectivity index (χ2n) is 11.0. The molecule has 1 aliphatic rings. The number of nitrogens with one attached hydrogen (secondary N) is 1. The molecular formula is C36H42N4O3. The normalized spacial score (nSPS) is 15.9. The number of nitrogens with zero attached hydrogens (tertiary/aromatic N) is 3. The lowest BCUT2D eigenvalue weighted by molar-refractivity contribution is -0.123. The highest BCUT2D eigenvalue weighted by atomic mass is 16.5. The molecule has 0 aliphatic carbocycles. The van der Waals surface area contributed by atoms with E-state index in [-0.39, 0.29) is 12.1 Å². The Hall–Kier alpha value is -4.20. The van der Waals surface area contributed by atoms with E-state index in [2.05, 4.69) is 72.9 Å². The molecule has 1 N–H and O–H groups in total. The van der Waals surface area contributed by atoms with Crippen LogP contribution in [0.2, 0.25) is 0 Å². The van der Waals surface area contributed by atoms with Gasteiger partial charge in [-0.2, -0.15) is 5.10 Å². The van der Waals surface area contributed by atoms with E-state index in [1.165, 1.54) is 23.1 Å². The van der Waals surface area contributed by atoms with Crippen LogP contribution < -0.4 is 10.1 Å². The first-order valence-electron chi connectivity index (χ1n) is 15.2. The first kappa shape index (κ1) is 30.3. The van der Waals surface area contributed by atoms with Crippen molar-refractivity contribution in [2.45, 2.75) is 38.8 Å². The molecule has 1 atom stereocenters. The van der Waals surface area contributed by atoms with Crippen molar-refractivity contribution in [2.75, 3.05) is 40.4 Å². The smallest absolute Gasteiger partial charge is 0.245 e. The molecule has 0 bridgehead atoms. The maximum absolute atomic E-state index is 11.6. The Morgan fingerprint density at radius 1 is 1.05 bits per heavy atom. The molecule has 4 aromatic rings. The average molecular weight is 579 g/mol. The number of allylic oxidation sites excluding steroid dienone is 1. The molecule has 7 heteroatoms. The summed E-state index contributed by atoms with van der Waals surface area (Å²) in [6, 6.07) is 25.7. The van der Waals surface area contributed by atoms with Crippen molar-refractivity contribution >= 4 is 28.0 Å². The largest absolute Gasteiger partial charge is 0.492 e. The number of aromatic nitrogens is 2. The molecule has 5 rings (SSSR count). The van der Waals surface area contributed by atoms with Gasteiger partial charge in [0, 0.05) is 45.3 Å². The van der Waals surface area contributed by atoms with Crippen LogP contribution in [0.5, 0.6) is 5.75 Å². The number of hydrogen-bond acceptors (Lipinski definition) is 5. The van der Waals surface area contributed by atoms with Gasteiger partial charge in [0.2, 0.25) is 5.91 Å². The van der Waals surface area contributed by atoms with Crippen LogP contribution >= 0.6 is 0 Å². The Bertz CT molecular complexity index is 1550. The van der Waals surface area contributed by atoms with Crippen molar-refractivity contribution < 1.29 is 14.3 Å². The summed E-state index contributed by atoms with van der Waals surface area (Å²) < 4.78 is 14.1. The van der Waals surface area contributed by atoms with Gasteiger partial charge in [0.1, 0.15) is 12.4 Å². The second kappa shape index (κ2) is 14.8. The Kier molecular flexibility index (Phi) is 10.4. The Labute approximate surface area is 254 Å². The SMILES string of the molecule is CC/C(=C(/c1ccc(OCCNC/C=C/C(=O)N(C)C)cc1)c1ccc2c(cnn2C2CCCCO2)c1)c1ccccc1. The van der Waals surface area contributed by atoms with Gasteiger partial charge in [-0.15, -0.1) is 0 Å². The Morgan fingerprint density at radius 3 is 2.56 bits per heavy atom. The van der Waals surface area contributed by atoms with Gasteiger partial charge >= 0.3 is 0 Å². The van der Waals surface area contributed by atoms with Crippen LogP contribution in [0.25, 0.3) is 22.0 Å². The van der Waals surface area contributed by atoms with Gasteiger partial charge in [-0.1, -0.05) is 61.5 Å². The van der Waals surface area contributed by atoms with E-state index in [9.17, 15) is 4.79 Å². The molecule has 0 saturated carbocycles. The van der Waals surface area contributed by atoms with Crippen LogP contribution in [0.3, 0.4) is 0 Å². The zero-order valence-corrected chi connectivity index (χ0v) is 25.5. The second-order valence-corrected chi connectivity index (χ2v) is 11.0. The first-order valence-corrected chi connectivity index (χ1v) is 15.2. The molecule has 7 nitrogen and oxygen atoms in total. The predicted octanol–water partition coefficient (Wildman–Crippen LogP) is 6.72. The van der Waals surface area contributed by atoms with Crippen molar-refractivity contribution in [3.05, 3.63) is 108 Å². The predicted molar refractivity (Wildman–Crippen MR) is 174 cm³/mol. The summed E-state index contributed by atoms with van der Waals surface area (Å²) in [6.07, 6.45) is 9.55. The number of benzene rings is 3. The van der Waals surface area contributed by atoms with Crippen molar-refractivity contribution in [1.82, 2.24) is 20.0 Å². The number of rotatable bonds is 12. The van der Waals surface area contributed by atoms with E-state index >= 15 is 0 Å². The van der Waals surface area contributed by atoms with E-state index in [0.717, 1.165) is 53.6 Å². The number of likely N-dealkylation sites (N-methyl/N-ethyl adjacent to an activating group) is 1. The zero-order chi connectivity index (χ0) is 30.0. The van der Waals surface area contributed by atoms with E-state index in [0.29, 0.717) is 19.7 Å². The minimum atomic E-state index is -0.0194. The molecule has 2 heterocycles. The summed E-state index contributed by atoms with van der Waals surface area (Å²) >= 11 is 0. The van der Waals surface area contributed by atoms with Crippen molar-refractivity contribution in [1.29, 1.82) is 0 Å². The van der Waals surface area contributed by atoms with Crippen molar-refractivity contribution in [2.24, 2.45) is 0 Å². The summed E-state index contributed by atoms with van der Waals surface area (Å²) in [5.41, 5.74) is 7.13. The van der Waals surface area contributed by atoms with E-state index in [1.807, 2.05) is 29.1 Å². The fourth-order valence-electron chi connectivity index (χ4n) is 5.49. The number of amides is 1. The Morgan fingerprint density at radius 2 is 1.84 bits per heavy atom. The molecule has 1 aromatic heterocycles. The van der Waals surface area contributed by atoms with Gasteiger partial charge in [0.25, 0.3) is 0 Å². The lowest BCUT2D eigenvalue weighted by Crippen LogP contribution is -2.22. The molecular weight excluding hydrogens is 536 g/mol. The fourth-order valence-corrected chi connectivity index (χ4v) is 5.49. The van der Waals surface area contributed by atoms with Crippen molar-refractivity contribution in [3.63, 3.8) is 0 Å². The quantitative estimate of drug-likeness (QED) is 0.115. The molecule has 1 saturated heterocycles. The maximum Gasteiger partial charge on any atom is 0.245 e. The third kappa shape index (κ3) is 7.61. The molecule has 1 unspecified atom stereocenters. The molecule has 1 aliphatic heterocycles. The third-order valence-electron chi connectivity index (χ3n) is 7.74. The monoisotopic (exact) mass is 578 g/mol. The highest BCUT2D eigenvalue weighted by Gasteiger charge is 2.20. The van der Waals surface area contributed by atoms with E-state index in [4.69, 9.17) is 14.6 Å². The van der Waals surface area contributed by atoms with Crippen LogP contribution in [0.4, 0.5) is 0 Å². The van der Waals surface area contributed by atoms with Gasteiger partial charge in [-0.25, -0.2) is 4.68 Å². The van der Waals surface area contributed by atoms with Crippen LogP contribution in [0.1, 0.15) is 55.5 Å². The minimum Gasteiger partial charge on any atom is -0.492 e. The zero-order valence-electron chi connectivity index (χ0n) is 25.5. The summed E-state index contributed by atoms with van der Waals surface area (Å²) in [4.78, 5) is 13.2. The molecule has 1 amide bonds. The lowest BCUT2D eigenvalue weighted by Gasteiger charge is -2.23. The summed E-state index contributed by atoms with van der Waals surface area (Å²) in [6.45, 7) is 4.84. The first-order chi connectivity index (χ1) is 21.0. The molecule has 43 heavy (non-hydrogen) atoms. The number of carbonyl (C=O) groups is 1. The van der Waals surface area contributed by atoms with Crippen LogP contribution in [0.15, 0.2) is 91.1 Å². The molecule has 3 aromatic carbocycles. The lowest BCUT2D eigenvalue weighted by atomic mass is 9.88. The molecule has 0 spiro atoms. The van der Waals surface area contributed by atoms with Gasteiger partial charge in [-0.05, 0) is 77.8 Å². The highest BCUT2D eigenvalue weighted by molar-refractivity contribution is 6.00. The number of hydrogen-bond donors (Lipinski definition) is 1. The maximum atomic E-state index is 11.6. The fraction of sp³-hybridized carbons (Fsp3) is 0.333. The summed E-state index contributed by atoms with van der Waals surface area (Å²) in [5.74, 6) is 0.805. The van der Waals surface area contributed by atoms with Crippen LogP contribution in [-0.2, 0) is 9.53 Å². The van der Waals surface area contributed by atoms with Gasteiger partial charge in [-0.3, -0.25) is 4.79 Å². The summed E-state index contributed by atoms with van der Waals surface area (Å²) in [5, 5.41) is 9.11. The number of ether oxygens (including phenoxy) is 2. The highest BCUT2D eigenvalue weighted by Crippen LogP contribution is 2.37. The van der Waals surface area contributed by atoms with E-state index in [1.54, 1.807) is 25.1 Å². The average Bonchev–Trinajstić information content (AvgIpc) is 3.47. The van der Waals surface area contributed by atoms with Gasteiger partial charge in [0.05, 0.1) is 11.7 Å². The number of carbonyl (C=O) groups excluding carboxylic acids is 1. The number of fused-ring (bicyclic) bond motifs is 1. The minimum absolute atomic E-state index is 0.00844. The van der Waals surface area contributed by atoms with E-state index < -0.39 is 0 Å².